The second-order valence-electron chi connectivity index (χ2n) is 5.67. The van der Waals surface area contributed by atoms with Gasteiger partial charge < -0.3 is 15.7 Å². The van der Waals surface area contributed by atoms with Crippen LogP contribution >= 0.6 is 0 Å². The average molecular weight is 294 g/mol. The molecule has 2 rings (SSSR count). The number of benzene rings is 1. The van der Waals surface area contributed by atoms with Crippen LogP contribution in [0.2, 0.25) is 0 Å². The van der Waals surface area contributed by atoms with E-state index in [4.69, 9.17) is 5.73 Å². The van der Waals surface area contributed by atoms with Crippen LogP contribution in [0.25, 0.3) is 0 Å². The minimum absolute atomic E-state index is 0.00720. The summed E-state index contributed by atoms with van der Waals surface area (Å²) in [6, 6.07) is 5.52. The van der Waals surface area contributed by atoms with E-state index in [9.17, 15) is 14.3 Å². The number of hydrogen-bond acceptors (Lipinski definition) is 3. The van der Waals surface area contributed by atoms with Crippen LogP contribution in [0.15, 0.2) is 24.3 Å². The molecule has 1 amide bonds. The van der Waals surface area contributed by atoms with E-state index in [0.29, 0.717) is 19.5 Å². The number of likely N-dealkylation sites (tertiary alicyclic amines) is 1. The lowest BCUT2D eigenvalue weighted by atomic mass is 9.87. The van der Waals surface area contributed by atoms with Gasteiger partial charge in [0.05, 0.1) is 12.1 Å². The second-order valence-corrected chi connectivity index (χ2v) is 5.67. The molecule has 0 spiro atoms. The highest BCUT2D eigenvalue weighted by Crippen LogP contribution is 2.30. The molecule has 0 aromatic heterocycles. The minimum Gasteiger partial charge on any atom is -0.388 e. The van der Waals surface area contributed by atoms with Crippen LogP contribution in [0.1, 0.15) is 37.9 Å². The standard InChI is InChI=1S/C16H23FN2O2/c1-2-14(18)16(21)19-9-7-12(8-10-19)15(20)11-3-5-13(17)6-4-11/h3-6,12,14-15,20H,2,7-10,18H2,1H3. The summed E-state index contributed by atoms with van der Waals surface area (Å²) in [5.41, 5.74) is 6.50. The molecule has 21 heavy (non-hydrogen) atoms. The lowest BCUT2D eigenvalue weighted by Crippen LogP contribution is -2.47. The van der Waals surface area contributed by atoms with Crippen molar-refractivity contribution >= 4 is 5.91 Å². The Balaban J connectivity index is 1.91. The van der Waals surface area contributed by atoms with E-state index in [1.165, 1.54) is 12.1 Å². The Hall–Kier alpha value is -1.46. The summed E-state index contributed by atoms with van der Waals surface area (Å²) in [5, 5.41) is 10.4. The second kappa shape index (κ2) is 7.00. The number of carbonyl (C=O) groups is 1. The van der Waals surface area contributed by atoms with Crippen LogP contribution in [0, 0.1) is 11.7 Å². The molecule has 1 heterocycles. The number of carbonyl (C=O) groups excluding carboxylic acids is 1. The highest BCUT2D eigenvalue weighted by atomic mass is 19.1. The van der Waals surface area contributed by atoms with Gasteiger partial charge in [-0.25, -0.2) is 4.39 Å². The first-order valence-electron chi connectivity index (χ1n) is 7.50. The van der Waals surface area contributed by atoms with Crippen LogP contribution in [0.5, 0.6) is 0 Å². The Morgan fingerprint density at radius 3 is 2.48 bits per heavy atom. The van der Waals surface area contributed by atoms with Gasteiger partial charge in [0.1, 0.15) is 5.82 Å². The molecule has 0 aliphatic carbocycles. The third kappa shape index (κ3) is 3.80. The van der Waals surface area contributed by atoms with Gasteiger partial charge in [0.15, 0.2) is 0 Å². The fourth-order valence-corrected chi connectivity index (χ4v) is 2.78. The molecule has 2 unspecified atom stereocenters. The molecule has 1 aromatic rings. The van der Waals surface area contributed by atoms with Crippen molar-refractivity contribution in [2.24, 2.45) is 11.7 Å². The van der Waals surface area contributed by atoms with Crippen molar-refractivity contribution in [3.8, 4) is 0 Å². The van der Waals surface area contributed by atoms with Crippen molar-refractivity contribution in [1.82, 2.24) is 4.90 Å². The van der Waals surface area contributed by atoms with Crippen molar-refractivity contribution in [2.45, 2.75) is 38.3 Å². The Bertz CT molecular complexity index is 470. The largest absolute Gasteiger partial charge is 0.388 e. The SMILES string of the molecule is CCC(N)C(=O)N1CCC(C(O)c2ccc(F)cc2)CC1. The van der Waals surface area contributed by atoms with E-state index in [1.807, 2.05) is 6.92 Å². The van der Waals surface area contributed by atoms with E-state index in [-0.39, 0.29) is 17.6 Å². The molecular formula is C16H23FN2O2. The molecule has 1 aliphatic heterocycles. The number of nitrogens with zero attached hydrogens (tertiary/aromatic N) is 1. The normalized spacial score (nSPS) is 19.3. The molecule has 1 saturated heterocycles. The number of aliphatic hydroxyl groups is 1. The first-order valence-corrected chi connectivity index (χ1v) is 7.50. The summed E-state index contributed by atoms with van der Waals surface area (Å²) in [7, 11) is 0. The molecule has 0 saturated carbocycles. The zero-order chi connectivity index (χ0) is 15.4. The number of hydrogen-bond donors (Lipinski definition) is 2. The van der Waals surface area contributed by atoms with Gasteiger partial charge in [0.2, 0.25) is 5.91 Å². The van der Waals surface area contributed by atoms with Crippen molar-refractivity contribution in [2.75, 3.05) is 13.1 Å². The van der Waals surface area contributed by atoms with Gasteiger partial charge in [-0.05, 0) is 42.9 Å². The molecule has 1 aliphatic rings. The lowest BCUT2D eigenvalue weighted by Gasteiger charge is -2.35. The van der Waals surface area contributed by atoms with Gasteiger partial charge in [-0.1, -0.05) is 19.1 Å². The molecule has 1 fully saturated rings. The molecule has 1 aromatic carbocycles. The maximum absolute atomic E-state index is 12.9. The molecule has 0 radical (unpaired) electrons. The first kappa shape index (κ1) is 15.9. The molecule has 0 bridgehead atoms. The Kier molecular flexibility index (Phi) is 5.31. The number of rotatable bonds is 4. The average Bonchev–Trinajstić information content (AvgIpc) is 2.53. The van der Waals surface area contributed by atoms with Crippen LogP contribution < -0.4 is 5.73 Å². The quantitative estimate of drug-likeness (QED) is 0.890. The molecule has 116 valence electrons. The van der Waals surface area contributed by atoms with E-state index in [2.05, 4.69) is 0 Å². The predicted molar refractivity (Wildman–Crippen MR) is 78.9 cm³/mol. The smallest absolute Gasteiger partial charge is 0.239 e. The van der Waals surface area contributed by atoms with E-state index < -0.39 is 12.1 Å². The van der Waals surface area contributed by atoms with E-state index >= 15 is 0 Å². The summed E-state index contributed by atoms with van der Waals surface area (Å²) in [6.45, 7) is 3.14. The Labute approximate surface area is 124 Å². The maximum Gasteiger partial charge on any atom is 0.239 e. The highest BCUT2D eigenvalue weighted by Gasteiger charge is 2.29. The van der Waals surface area contributed by atoms with Crippen molar-refractivity contribution in [1.29, 1.82) is 0 Å². The van der Waals surface area contributed by atoms with Crippen LogP contribution in [-0.4, -0.2) is 35.0 Å². The predicted octanol–water partition coefficient (Wildman–Crippen LogP) is 1.83. The highest BCUT2D eigenvalue weighted by molar-refractivity contribution is 5.81. The third-order valence-electron chi connectivity index (χ3n) is 4.27. The Morgan fingerprint density at radius 1 is 1.38 bits per heavy atom. The monoisotopic (exact) mass is 294 g/mol. The number of piperidine rings is 1. The third-order valence-corrected chi connectivity index (χ3v) is 4.27. The fraction of sp³-hybridized carbons (Fsp3) is 0.562. The van der Waals surface area contributed by atoms with Crippen molar-refractivity contribution in [3.63, 3.8) is 0 Å². The molecular weight excluding hydrogens is 271 g/mol. The summed E-state index contributed by atoms with van der Waals surface area (Å²) in [4.78, 5) is 13.8. The van der Waals surface area contributed by atoms with Crippen LogP contribution in [-0.2, 0) is 4.79 Å². The summed E-state index contributed by atoms with van der Waals surface area (Å²) in [6.07, 6.45) is 1.50. The fourth-order valence-electron chi connectivity index (χ4n) is 2.78. The molecule has 3 N–H and O–H groups in total. The molecule has 4 nitrogen and oxygen atoms in total. The number of nitrogens with two attached hydrogens (primary N) is 1. The van der Waals surface area contributed by atoms with Gasteiger partial charge in [-0.15, -0.1) is 0 Å². The van der Waals surface area contributed by atoms with Crippen LogP contribution in [0.4, 0.5) is 4.39 Å². The molecule has 2 atom stereocenters. The Morgan fingerprint density at radius 2 is 1.95 bits per heavy atom. The molecule has 5 heteroatoms. The zero-order valence-electron chi connectivity index (χ0n) is 12.3. The number of halogens is 1. The van der Waals surface area contributed by atoms with Crippen LogP contribution in [0.3, 0.4) is 0 Å². The zero-order valence-corrected chi connectivity index (χ0v) is 12.3. The van der Waals surface area contributed by atoms with Crippen molar-refractivity contribution in [3.05, 3.63) is 35.6 Å². The maximum atomic E-state index is 12.9. The topological polar surface area (TPSA) is 66.6 Å². The van der Waals surface area contributed by atoms with Crippen molar-refractivity contribution < 1.29 is 14.3 Å². The summed E-state index contributed by atoms with van der Waals surface area (Å²) < 4.78 is 12.9. The van der Waals surface area contributed by atoms with Gasteiger partial charge in [0, 0.05) is 13.1 Å². The summed E-state index contributed by atoms with van der Waals surface area (Å²) >= 11 is 0. The van der Waals surface area contributed by atoms with E-state index in [0.717, 1.165) is 18.4 Å². The van der Waals surface area contributed by atoms with Gasteiger partial charge in [-0.3, -0.25) is 4.79 Å². The number of aliphatic hydroxyl groups excluding tert-OH is 1. The minimum atomic E-state index is -0.609. The van der Waals surface area contributed by atoms with Gasteiger partial charge in [-0.2, -0.15) is 0 Å². The van der Waals surface area contributed by atoms with Gasteiger partial charge in [0.25, 0.3) is 0 Å². The first-order chi connectivity index (χ1) is 10.0. The van der Waals surface area contributed by atoms with E-state index in [1.54, 1.807) is 17.0 Å². The van der Waals surface area contributed by atoms with Gasteiger partial charge >= 0.3 is 0 Å². The number of amides is 1. The summed E-state index contributed by atoms with van der Waals surface area (Å²) in [5.74, 6) is -0.218. The lowest BCUT2D eigenvalue weighted by molar-refractivity contribution is -0.134.